The smallest absolute Gasteiger partial charge is 0.120 e. The van der Waals surface area contributed by atoms with E-state index in [9.17, 15) is 0 Å². The molecule has 0 spiro atoms. The average molecular weight is 117 g/mol. The third-order valence-corrected chi connectivity index (χ3v) is 0.565. The van der Waals surface area contributed by atoms with E-state index in [1.807, 2.05) is 0 Å². The highest BCUT2D eigenvalue weighted by molar-refractivity contribution is 7.78. The normalized spacial score (nSPS) is 12.3. The van der Waals surface area contributed by atoms with Gasteiger partial charge in [-0.2, -0.15) is 0 Å². The molecule has 1 unspecified atom stereocenters. The maximum absolute atomic E-state index is 5.16. The van der Waals surface area contributed by atoms with Gasteiger partial charge in [0.1, 0.15) is 6.17 Å². The zero-order chi connectivity index (χ0) is 5.70. The Labute approximate surface area is 47.4 Å². The first kappa shape index (κ1) is 6.72. The Bertz CT molecular complexity index is 86.2. The first-order valence-electron chi connectivity index (χ1n) is 1.84. The molecule has 0 bridgehead atoms. The van der Waals surface area contributed by atoms with Crippen LogP contribution < -0.4 is 11.5 Å². The fourth-order valence-corrected chi connectivity index (χ4v) is 0.256. The second kappa shape index (κ2) is 3.89. The van der Waals surface area contributed by atoms with Crippen molar-refractivity contribution < 1.29 is 0 Å². The van der Waals surface area contributed by atoms with Gasteiger partial charge in [0.15, 0.2) is 0 Å². The molecule has 0 aromatic rings. The summed E-state index contributed by atoms with van der Waals surface area (Å²) in [6.07, 6.45) is -0.363. The lowest BCUT2D eigenvalue weighted by Crippen LogP contribution is -2.26. The highest BCUT2D eigenvalue weighted by Gasteiger charge is 1.87. The van der Waals surface area contributed by atoms with E-state index in [0.29, 0.717) is 6.54 Å². The number of aliphatic imine (C=N–C) groups is 1. The predicted molar refractivity (Wildman–Crippen MR) is 32.1 cm³/mol. The minimum atomic E-state index is -0.363. The predicted octanol–water partition coefficient (Wildman–Crippen LogP) is -0.667. The molecule has 1 atom stereocenters. The average Bonchev–Trinajstić information content (AvgIpc) is 1.68. The van der Waals surface area contributed by atoms with Crippen molar-refractivity contribution in [2.24, 2.45) is 16.5 Å². The largest absolute Gasteiger partial charge is 0.327 e. The first-order valence-corrected chi connectivity index (χ1v) is 2.24. The van der Waals surface area contributed by atoms with Crippen LogP contribution in [-0.2, 0) is 0 Å². The fourth-order valence-electron chi connectivity index (χ4n) is 0.120. The Morgan fingerprint density at radius 1 is 1.86 bits per heavy atom. The molecule has 0 aromatic carbocycles. The lowest BCUT2D eigenvalue weighted by atomic mass is 10.5. The molecule has 4 N–H and O–H groups in total. The second-order valence-corrected chi connectivity index (χ2v) is 1.21. The van der Waals surface area contributed by atoms with Gasteiger partial charge < -0.3 is 11.5 Å². The van der Waals surface area contributed by atoms with Crippen molar-refractivity contribution in [2.45, 2.75) is 6.17 Å². The summed E-state index contributed by atoms with van der Waals surface area (Å²) in [6.45, 7) is 0.323. The molecule has 0 saturated carbocycles. The summed E-state index contributed by atoms with van der Waals surface area (Å²) in [6, 6.07) is 0. The molecular formula is C3H7N3S. The Hall–Kier alpha value is -0.280. The van der Waals surface area contributed by atoms with E-state index in [2.05, 4.69) is 22.4 Å². The van der Waals surface area contributed by atoms with E-state index in [4.69, 9.17) is 11.5 Å². The van der Waals surface area contributed by atoms with Gasteiger partial charge in [0.25, 0.3) is 0 Å². The number of rotatable bonds is 2. The van der Waals surface area contributed by atoms with Gasteiger partial charge in [-0.3, -0.25) is 0 Å². The molecule has 0 fully saturated rings. The quantitative estimate of drug-likeness (QED) is 0.372. The molecule has 0 radical (unpaired) electrons. The van der Waals surface area contributed by atoms with E-state index in [1.165, 1.54) is 0 Å². The van der Waals surface area contributed by atoms with Crippen molar-refractivity contribution in [3.8, 4) is 0 Å². The lowest BCUT2D eigenvalue weighted by Gasteiger charge is -1.93. The van der Waals surface area contributed by atoms with Crippen LogP contribution in [0.15, 0.2) is 4.99 Å². The standard InChI is InChI=1S/C3H7N3S/c4-1-3(5)6-2-7/h3H,1,4-5H2. The van der Waals surface area contributed by atoms with Crippen molar-refractivity contribution in [1.29, 1.82) is 0 Å². The third kappa shape index (κ3) is 3.55. The van der Waals surface area contributed by atoms with Gasteiger partial charge in [-0.25, -0.2) is 4.99 Å². The summed E-state index contributed by atoms with van der Waals surface area (Å²) in [5.74, 6) is 0. The van der Waals surface area contributed by atoms with Gasteiger partial charge >= 0.3 is 0 Å². The summed E-state index contributed by atoms with van der Waals surface area (Å²) < 4.78 is 0. The van der Waals surface area contributed by atoms with Crippen LogP contribution in [0.3, 0.4) is 0 Å². The molecular weight excluding hydrogens is 110 g/mol. The molecule has 4 heteroatoms. The van der Waals surface area contributed by atoms with Crippen LogP contribution in [0.4, 0.5) is 0 Å². The third-order valence-electron chi connectivity index (χ3n) is 0.460. The number of nitrogens with zero attached hydrogens (tertiary/aromatic N) is 1. The Kier molecular flexibility index (Phi) is 3.74. The molecule has 7 heavy (non-hydrogen) atoms. The highest BCUT2D eigenvalue weighted by Crippen LogP contribution is 1.69. The highest BCUT2D eigenvalue weighted by atomic mass is 32.1. The summed E-state index contributed by atoms with van der Waals surface area (Å²) in [4.78, 5) is 3.46. The molecule has 0 aliphatic rings. The van der Waals surface area contributed by atoms with Gasteiger partial charge in [0, 0.05) is 6.54 Å². The van der Waals surface area contributed by atoms with Crippen molar-refractivity contribution in [3.63, 3.8) is 0 Å². The molecule has 40 valence electrons. The van der Waals surface area contributed by atoms with E-state index in [0.717, 1.165) is 0 Å². The van der Waals surface area contributed by atoms with Gasteiger partial charge in [0.05, 0.1) is 5.16 Å². The molecule has 0 saturated heterocycles. The zero-order valence-corrected chi connectivity index (χ0v) is 4.61. The van der Waals surface area contributed by atoms with Crippen molar-refractivity contribution in [1.82, 2.24) is 0 Å². The van der Waals surface area contributed by atoms with Crippen LogP contribution >= 0.6 is 12.2 Å². The second-order valence-electron chi connectivity index (χ2n) is 1.02. The molecule has 0 aliphatic heterocycles. The van der Waals surface area contributed by atoms with E-state index in [1.54, 1.807) is 0 Å². The van der Waals surface area contributed by atoms with E-state index >= 15 is 0 Å². The fraction of sp³-hybridized carbons (Fsp3) is 0.667. The number of hydrogen-bond acceptors (Lipinski definition) is 4. The molecule has 0 aliphatic carbocycles. The SMILES string of the molecule is NCC(N)N=C=S. The lowest BCUT2D eigenvalue weighted by molar-refractivity contribution is 0.725. The maximum atomic E-state index is 5.16. The van der Waals surface area contributed by atoms with Gasteiger partial charge in [0.2, 0.25) is 0 Å². The molecule has 0 aromatic heterocycles. The molecule has 3 nitrogen and oxygen atoms in total. The maximum Gasteiger partial charge on any atom is 0.120 e. The molecule has 0 amide bonds. The number of hydrogen-bond donors (Lipinski definition) is 2. The minimum absolute atomic E-state index is 0.323. The Morgan fingerprint density at radius 3 is 2.57 bits per heavy atom. The van der Waals surface area contributed by atoms with Crippen LogP contribution in [0.2, 0.25) is 0 Å². The molecule has 0 heterocycles. The summed E-state index contributed by atoms with van der Waals surface area (Å²) >= 11 is 4.24. The van der Waals surface area contributed by atoms with Crippen LogP contribution in [0, 0.1) is 0 Å². The Balaban J connectivity index is 3.35. The van der Waals surface area contributed by atoms with Gasteiger partial charge in [-0.05, 0) is 12.2 Å². The van der Waals surface area contributed by atoms with Crippen LogP contribution in [0.5, 0.6) is 0 Å². The summed E-state index contributed by atoms with van der Waals surface area (Å²) in [5, 5.41) is 2.12. The van der Waals surface area contributed by atoms with Crippen LogP contribution in [0.1, 0.15) is 0 Å². The minimum Gasteiger partial charge on any atom is -0.327 e. The number of thiocarbonyl (C=S) groups is 1. The molecule has 0 rings (SSSR count). The van der Waals surface area contributed by atoms with Gasteiger partial charge in [-0.1, -0.05) is 0 Å². The van der Waals surface area contributed by atoms with Gasteiger partial charge in [-0.15, -0.1) is 0 Å². The Morgan fingerprint density at radius 2 is 2.43 bits per heavy atom. The first-order chi connectivity index (χ1) is 3.31. The zero-order valence-electron chi connectivity index (χ0n) is 3.79. The van der Waals surface area contributed by atoms with Crippen molar-refractivity contribution >= 4 is 17.4 Å². The van der Waals surface area contributed by atoms with Crippen LogP contribution in [0.25, 0.3) is 0 Å². The summed E-state index contributed by atoms with van der Waals surface area (Å²) in [7, 11) is 0. The van der Waals surface area contributed by atoms with Crippen molar-refractivity contribution in [2.75, 3.05) is 6.54 Å². The van der Waals surface area contributed by atoms with E-state index < -0.39 is 0 Å². The monoisotopic (exact) mass is 117 g/mol. The topological polar surface area (TPSA) is 64.4 Å². The van der Waals surface area contributed by atoms with Crippen molar-refractivity contribution in [3.05, 3.63) is 0 Å². The number of nitrogens with two attached hydrogens (primary N) is 2. The van der Waals surface area contributed by atoms with Crippen LogP contribution in [-0.4, -0.2) is 17.9 Å². The summed E-state index contributed by atoms with van der Waals surface area (Å²) in [5.41, 5.74) is 10.2. The van der Waals surface area contributed by atoms with E-state index in [-0.39, 0.29) is 6.17 Å². The number of isothiocyanates is 1.